The Morgan fingerprint density at radius 2 is 2.00 bits per heavy atom. The van der Waals surface area contributed by atoms with E-state index in [0.29, 0.717) is 33.1 Å². The lowest BCUT2D eigenvalue weighted by atomic mass is 10.2. The molecule has 8 heteroatoms. The summed E-state index contributed by atoms with van der Waals surface area (Å²) in [5.41, 5.74) is 2.10. The maximum absolute atomic E-state index is 13.3. The Bertz CT molecular complexity index is 1160. The van der Waals surface area contributed by atoms with E-state index < -0.39 is 0 Å². The van der Waals surface area contributed by atoms with Crippen LogP contribution in [0.4, 0.5) is 5.69 Å². The monoisotopic (exact) mass is 470 g/mol. The third-order valence-electron chi connectivity index (χ3n) is 4.55. The van der Waals surface area contributed by atoms with Crippen LogP contribution in [-0.4, -0.2) is 25.3 Å². The number of nitrogens with zero attached hydrogens (tertiary/aromatic N) is 2. The molecule has 5 nitrogen and oxygen atoms in total. The number of ether oxygens (including phenoxy) is 2. The normalized spacial score (nSPS) is 14.8. The average Bonchev–Trinajstić information content (AvgIpc) is 3.40. The van der Waals surface area contributed by atoms with Gasteiger partial charge in [-0.15, -0.1) is 11.3 Å². The fourth-order valence-electron chi connectivity index (χ4n) is 3.03. The number of thiophene rings is 1. The molecule has 0 radical (unpaired) electrons. The lowest BCUT2D eigenvalue weighted by Gasteiger charge is -2.19. The minimum absolute atomic E-state index is 0.192. The first-order chi connectivity index (χ1) is 15.1. The summed E-state index contributed by atoms with van der Waals surface area (Å²) in [6.07, 6.45) is 1.81. The van der Waals surface area contributed by atoms with E-state index in [1.165, 1.54) is 11.8 Å². The highest BCUT2D eigenvalue weighted by atomic mass is 35.5. The Labute approximate surface area is 194 Å². The molecular weight excluding hydrogens is 452 g/mol. The molecule has 0 saturated heterocycles. The van der Waals surface area contributed by atoms with Crippen LogP contribution >= 0.6 is 34.7 Å². The molecule has 0 aliphatic carbocycles. The van der Waals surface area contributed by atoms with Gasteiger partial charge in [0.05, 0.1) is 24.9 Å². The van der Waals surface area contributed by atoms with Gasteiger partial charge in [-0.2, -0.15) is 0 Å². The molecule has 0 atom stereocenters. The fraction of sp³-hybridized carbons (Fsp3) is 0.130. The second kappa shape index (κ2) is 9.60. The van der Waals surface area contributed by atoms with Crippen LogP contribution < -0.4 is 14.4 Å². The maximum atomic E-state index is 13.3. The summed E-state index contributed by atoms with van der Waals surface area (Å²) in [6.45, 7) is 0. The van der Waals surface area contributed by atoms with Gasteiger partial charge in [-0.1, -0.05) is 41.6 Å². The molecule has 1 aliphatic rings. The van der Waals surface area contributed by atoms with Crippen LogP contribution in [0.15, 0.2) is 70.7 Å². The quantitative estimate of drug-likeness (QED) is 0.409. The molecule has 31 heavy (non-hydrogen) atoms. The summed E-state index contributed by atoms with van der Waals surface area (Å²) < 4.78 is 10.5. The van der Waals surface area contributed by atoms with E-state index in [0.717, 1.165) is 16.2 Å². The number of aliphatic imine (C=N–C) groups is 1. The Morgan fingerprint density at radius 1 is 1.13 bits per heavy atom. The fourth-order valence-corrected chi connectivity index (χ4v) is 4.89. The second-order valence-corrected chi connectivity index (χ2v) is 8.87. The van der Waals surface area contributed by atoms with Crippen molar-refractivity contribution in [3.63, 3.8) is 0 Å². The highest BCUT2D eigenvalue weighted by molar-refractivity contribution is 8.13. The van der Waals surface area contributed by atoms with Gasteiger partial charge < -0.3 is 9.47 Å². The minimum atomic E-state index is -0.192. The van der Waals surface area contributed by atoms with Crippen molar-refractivity contribution in [1.29, 1.82) is 0 Å². The van der Waals surface area contributed by atoms with Crippen LogP contribution in [0.3, 0.4) is 0 Å². The van der Waals surface area contributed by atoms with Crippen LogP contribution in [0.1, 0.15) is 10.4 Å². The van der Waals surface area contributed by atoms with Gasteiger partial charge in [-0.25, -0.2) is 4.99 Å². The van der Waals surface area contributed by atoms with Crippen molar-refractivity contribution in [2.75, 3.05) is 19.1 Å². The molecule has 1 amide bonds. The Balaban J connectivity index is 1.66. The predicted octanol–water partition coefficient (Wildman–Crippen LogP) is 6.10. The van der Waals surface area contributed by atoms with Crippen molar-refractivity contribution in [3.05, 3.63) is 81.1 Å². The number of carbonyl (C=O) groups is 1. The molecule has 0 spiro atoms. The number of benzene rings is 2. The molecule has 0 unspecified atom stereocenters. The van der Waals surface area contributed by atoms with Crippen LogP contribution in [-0.2, 0) is 10.5 Å². The molecule has 158 valence electrons. The van der Waals surface area contributed by atoms with Crippen LogP contribution in [0.2, 0.25) is 5.02 Å². The molecule has 2 aromatic carbocycles. The molecule has 0 fully saturated rings. The number of anilines is 1. The summed E-state index contributed by atoms with van der Waals surface area (Å²) in [4.78, 5) is 20.5. The van der Waals surface area contributed by atoms with Gasteiger partial charge >= 0.3 is 0 Å². The van der Waals surface area contributed by atoms with E-state index >= 15 is 0 Å². The van der Waals surface area contributed by atoms with E-state index in [-0.39, 0.29) is 5.91 Å². The topological polar surface area (TPSA) is 51.1 Å². The SMILES string of the molecule is COc1cccc(CSC2=N/C(=C\c3cccs3)C(=O)N2c2ccc(OC)c(Cl)c2)c1. The Hall–Kier alpha value is -2.74. The molecule has 0 N–H and O–H groups in total. The largest absolute Gasteiger partial charge is 0.497 e. The van der Waals surface area contributed by atoms with E-state index in [2.05, 4.69) is 4.99 Å². The number of carbonyl (C=O) groups excluding carboxylic acids is 1. The lowest BCUT2D eigenvalue weighted by Crippen LogP contribution is -2.30. The summed E-state index contributed by atoms with van der Waals surface area (Å²) in [5, 5.41) is 2.99. The summed E-state index contributed by atoms with van der Waals surface area (Å²) in [6, 6.07) is 17.0. The number of hydrogen-bond donors (Lipinski definition) is 0. The number of amidine groups is 1. The van der Waals surface area contributed by atoms with E-state index in [1.54, 1.807) is 48.7 Å². The first-order valence-electron chi connectivity index (χ1n) is 9.36. The molecule has 4 rings (SSSR count). The number of methoxy groups -OCH3 is 2. The van der Waals surface area contributed by atoms with Crippen LogP contribution in [0, 0.1) is 0 Å². The van der Waals surface area contributed by atoms with Crippen LogP contribution in [0.5, 0.6) is 11.5 Å². The first-order valence-corrected chi connectivity index (χ1v) is 11.6. The van der Waals surface area contributed by atoms with Crippen molar-refractivity contribution in [3.8, 4) is 11.5 Å². The number of amides is 1. The predicted molar refractivity (Wildman–Crippen MR) is 130 cm³/mol. The highest BCUT2D eigenvalue weighted by Gasteiger charge is 2.32. The zero-order valence-electron chi connectivity index (χ0n) is 16.9. The van der Waals surface area contributed by atoms with Crippen molar-refractivity contribution in [2.24, 2.45) is 4.99 Å². The average molecular weight is 471 g/mol. The van der Waals surface area contributed by atoms with Crippen molar-refractivity contribution in [1.82, 2.24) is 0 Å². The van der Waals surface area contributed by atoms with Gasteiger partial charge in [-0.3, -0.25) is 9.69 Å². The third-order valence-corrected chi connectivity index (χ3v) is 6.67. The highest BCUT2D eigenvalue weighted by Crippen LogP contribution is 2.35. The van der Waals surface area contributed by atoms with Gasteiger partial charge in [0.25, 0.3) is 5.91 Å². The van der Waals surface area contributed by atoms with E-state index in [4.69, 9.17) is 21.1 Å². The second-order valence-electron chi connectivity index (χ2n) is 6.54. The molecular formula is C23H19ClN2O3S2. The van der Waals surface area contributed by atoms with Crippen molar-refractivity contribution >= 4 is 57.5 Å². The molecule has 0 saturated carbocycles. The van der Waals surface area contributed by atoms with E-state index in [9.17, 15) is 4.79 Å². The van der Waals surface area contributed by atoms with Gasteiger partial charge in [-0.05, 0) is 53.4 Å². The summed E-state index contributed by atoms with van der Waals surface area (Å²) in [7, 11) is 3.20. The van der Waals surface area contributed by atoms with Crippen molar-refractivity contribution < 1.29 is 14.3 Å². The lowest BCUT2D eigenvalue weighted by molar-refractivity contribution is -0.113. The van der Waals surface area contributed by atoms with Crippen molar-refractivity contribution in [2.45, 2.75) is 5.75 Å². The minimum Gasteiger partial charge on any atom is -0.497 e. The Kier molecular flexibility index (Phi) is 6.65. The van der Waals surface area contributed by atoms with Gasteiger partial charge in [0.15, 0.2) is 5.17 Å². The smallest absolute Gasteiger partial charge is 0.283 e. The van der Waals surface area contributed by atoms with Gasteiger partial charge in [0, 0.05) is 10.6 Å². The number of hydrogen-bond acceptors (Lipinski definition) is 6. The maximum Gasteiger partial charge on any atom is 0.283 e. The zero-order chi connectivity index (χ0) is 21.8. The molecule has 3 aromatic rings. The van der Waals surface area contributed by atoms with Gasteiger partial charge in [0.1, 0.15) is 17.2 Å². The number of rotatable bonds is 6. The summed E-state index contributed by atoms with van der Waals surface area (Å²) in [5.74, 6) is 1.78. The van der Waals surface area contributed by atoms with Crippen LogP contribution in [0.25, 0.3) is 6.08 Å². The summed E-state index contributed by atoms with van der Waals surface area (Å²) >= 11 is 9.36. The molecule has 0 bridgehead atoms. The molecule has 2 heterocycles. The van der Waals surface area contributed by atoms with Gasteiger partial charge in [0.2, 0.25) is 0 Å². The first kappa shape index (κ1) is 21.5. The zero-order valence-corrected chi connectivity index (χ0v) is 19.3. The standard InChI is InChI=1S/C23H19ClN2O3S2/c1-28-17-6-3-5-15(11-17)14-31-23-25-20(13-18-7-4-10-30-18)22(27)26(23)16-8-9-21(29-2)19(24)12-16/h3-13H,14H2,1-2H3/b20-13-. The molecule has 1 aliphatic heterocycles. The number of halogens is 1. The number of thioether (sulfide) groups is 1. The van der Waals surface area contributed by atoms with E-state index in [1.807, 2.05) is 47.9 Å². The molecule has 1 aromatic heterocycles. The third kappa shape index (κ3) is 4.79. The Morgan fingerprint density at radius 3 is 2.71 bits per heavy atom.